The molecule has 0 bridgehead atoms. The molecule has 35 heavy (non-hydrogen) atoms. The third-order valence-electron chi connectivity index (χ3n) is 5.74. The molecule has 2 aromatic carbocycles. The van der Waals surface area contributed by atoms with E-state index in [9.17, 15) is 9.59 Å². The molecule has 0 aliphatic rings. The van der Waals surface area contributed by atoms with E-state index >= 15 is 0 Å². The zero-order valence-electron chi connectivity index (χ0n) is 18.9. The minimum atomic E-state index is -1.23. The van der Waals surface area contributed by atoms with Crippen LogP contribution in [0.4, 0.5) is 4.79 Å². The minimum Gasteiger partial charge on any atom is -0.465 e. The number of pyridine rings is 2. The summed E-state index contributed by atoms with van der Waals surface area (Å²) in [6.45, 7) is 1.92. The van der Waals surface area contributed by atoms with E-state index < -0.39 is 12.0 Å². The fourth-order valence-corrected chi connectivity index (χ4v) is 3.97. The van der Waals surface area contributed by atoms with Crippen LogP contribution in [-0.4, -0.2) is 43.2 Å². The summed E-state index contributed by atoms with van der Waals surface area (Å²) in [6.07, 6.45) is 0.693. The number of rotatable bonds is 6. The monoisotopic (exact) mass is 466 g/mol. The van der Waals surface area contributed by atoms with Crippen molar-refractivity contribution in [2.75, 3.05) is 6.54 Å². The second kappa shape index (κ2) is 9.22. The summed E-state index contributed by atoms with van der Waals surface area (Å²) in [5, 5.41) is 22.8. The van der Waals surface area contributed by atoms with Crippen molar-refractivity contribution < 1.29 is 14.7 Å². The molecule has 9 nitrogen and oxygen atoms in total. The van der Waals surface area contributed by atoms with Gasteiger partial charge in [0.05, 0.1) is 17.8 Å². The standard InChI is InChI=1S/C26H22N6O3/c1-16-30-31-25-21-13-20(18-5-3-2-4-6-18)24(29-22(21)11-12-32(16)25)19-9-7-17(8-10-19)14-27-23(33)15-28-26(34)35/h2-13,28H,14-15H2,1H3,(H,27,33)(H,34,35). The highest BCUT2D eigenvalue weighted by molar-refractivity contribution is 5.98. The molecule has 2 amide bonds. The Bertz CT molecular complexity index is 1550. The number of benzene rings is 2. The third-order valence-corrected chi connectivity index (χ3v) is 5.74. The fraction of sp³-hybridized carbons (Fsp3) is 0.115. The molecule has 0 radical (unpaired) electrons. The van der Waals surface area contributed by atoms with Crippen LogP contribution in [0.5, 0.6) is 0 Å². The van der Waals surface area contributed by atoms with E-state index in [4.69, 9.17) is 10.1 Å². The first-order valence-electron chi connectivity index (χ1n) is 11.0. The largest absolute Gasteiger partial charge is 0.465 e. The first-order chi connectivity index (χ1) is 17.0. The maximum Gasteiger partial charge on any atom is 0.405 e. The summed E-state index contributed by atoms with van der Waals surface area (Å²) >= 11 is 0. The van der Waals surface area contributed by atoms with Crippen LogP contribution in [0.2, 0.25) is 0 Å². The van der Waals surface area contributed by atoms with Crippen molar-refractivity contribution in [2.24, 2.45) is 0 Å². The molecular weight excluding hydrogens is 444 g/mol. The molecule has 0 atom stereocenters. The topological polar surface area (TPSA) is 122 Å². The smallest absolute Gasteiger partial charge is 0.405 e. The second-order valence-electron chi connectivity index (χ2n) is 8.07. The van der Waals surface area contributed by atoms with Crippen molar-refractivity contribution in [3.05, 3.63) is 84.3 Å². The van der Waals surface area contributed by atoms with Gasteiger partial charge in [0.2, 0.25) is 5.91 Å². The Hall–Kier alpha value is -4.79. The average Bonchev–Trinajstić information content (AvgIpc) is 3.27. The van der Waals surface area contributed by atoms with Gasteiger partial charge >= 0.3 is 6.09 Å². The van der Waals surface area contributed by atoms with Crippen LogP contribution in [0.25, 0.3) is 38.9 Å². The van der Waals surface area contributed by atoms with Gasteiger partial charge in [-0.1, -0.05) is 54.6 Å². The van der Waals surface area contributed by atoms with Crippen LogP contribution < -0.4 is 10.6 Å². The molecule has 9 heteroatoms. The highest BCUT2D eigenvalue weighted by Crippen LogP contribution is 2.34. The Morgan fingerprint density at radius 1 is 0.943 bits per heavy atom. The lowest BCUT2D eigenvalue weighted by atomic mass is 9.97. The van der Waals surface area contributed by atoms with Gasteiger partial charge in [0.1, 0.15) is 5.82 Å². The van der Waals surface area contributed by atoms with E-state index in [-0.39, 0.29) is 6.54 Å². The maximum absolute atomic E-state index is 11.8. The van der Waals surface area contributed by atoms with Gasteiger partial charge in [0.15, 0.2) is 5.65 Å². The Morgan fingerprint density at radius 2 is 1.71 bits per heavy atom. The molecule has 3 heterocycles. The molecule has 5 rings (SSSR count). The predicted molar refractivity (Wildman–Crippen MR) is 132 cm³/mol. The first kappa shape index (κ1) is 22.0. The third kappa shape index (κ3) is 4.51. The number of fused-ring (bicyclic) bond motifs is 3. The van der Waals surface area contributed by atoms with Gasteiger partial charge < -0.3 is 15.7 Å². The number of hydrogen-bond donors (Lipinski definition) is 3. The molecule has 0 unspecified atom stereocenters. The Kier molecular flexibility index (Phi) is 5.80. The molecule has 5 aromatic rings. The maximum atomic E-state index is 11.8. The van der Waals surface area contributed by atoms with E-state index in [0.717, 1.165) is 50.3 Å². The summed E-state index contributed by atoms with van der Waals surface area (Å²) < 4.78 is 1.95. The number of carbonyl (C=O) groups is 2. The van der Waals surface area contributed by atoms with Crippen molar-refractivity contribution in [3.8, 4) is 22.4 Å². The highest BCUT2D eigenvalue weighted by Gasteiger charge is 2.15. The summed E-state index contributed by atoms with van der Waals surface area (Å²) in [7, 11) is 0. The van der Waals surface area contributed by atoms with Crippen molar-refractivity contribution >= 4 is 28.6 Å². The molecular formula is C26H22N6O3. The fourth-order valence-electron chi connectivity index (χ4n) is 3.97. The van der Waals surface area contributed by atoms with Gasteiger partial charge in [-0.05, 0) is 30.2 Å². The van der Waals surface area contributed by atoms with Crippen molar-refractivity contribution in [1.82, 2.24) is 30.2 Å². The van der Waals surface area contributed by atoms with Crippen LogP contribution >= 0.6 is 0 Å². The Labute approximate surface area is 200 Å². The molecule has 0 saturated carbocycles. The molecule has 0 saturated heterocycles. The number of amides is 2. The van der Waals surface area contributed by atoms with E-state index in [1.54, 1.807) is 0 Å². The minimum absolute atomic E-state index is 0.284. The molecule has 3 N–H and O–H groups in total. The summed E-state index contributed by atoms with van der Waals surface area (Å²) in [5.74, 6) is 0.419. The number of nitrogens with zero attached hydrogens (tertiary/aromatic N) is 4. The molecule has 174 valence electrons. The Morgan fingerprint density at radius 3 is 2.46 bits per heavy atom. The molecule has 0 aliphatic heterocycles. The van der Waals surface area contributed by atoms with E-state index in [0.29, 0.717) is 6.54 Å². The number of nitrogens with one attached hydrogen (secondary N) is 2. The molecule has 0 fully saturated rings. The van der Waals surface area contributed by atoms with E-state index in [1.807, 2.05) is 71.4 Å². The SMILES string of the molecule is Cc1nnc2c3cc(-c4ccccc4)c(-c4ccc(CNC(=O)CNC(=O)O)cc4)nc3ccn12. The predicted octanol–water partition coefficient (Wildman–Crippen LogP) is 3.80. The zero-order valence-corrected chi connectivity index (χ0v) is 18.9. The van der Waals surface area contributed by atoms with E-state index in [1.165, 1.54) is 0 Å². The van der Waals surface area contributed by atoms with Gasteiger partial charge in [0, 0.05) is 29.3 Å². The van der Waals surface area contributed by atoms with Crippen LogP contribution in [0, 0.1) is 6.92 Å². The molecule has 3 aromatic heterocycles. The number of carbonyl (C=O) groups excluding carboxylic acids is 1. The quantitative estimate of drug-likeness (QED) is 0.350. The molecule has 0 spiro atoms. The van der Waals surface area contributed by atoms with Crippen LogP contribution in [-0.2, 0) is 11.3 Å². The van der Waals surface area contributed by atoms with Crippen LogP contribution in [0.1, 0.15) is 11.4 Å². The zero-order chi connectivity index (χ0) is 24.4. The average molecular weight is 467 g/mol. The lowest BCUT2D eigenvalue weighted by Gasteiger charge is -2.13. The second-order valence-corrected chi connectivity index (χ2v) is 8.07. The first-order valence-corrected chi connectivity index (χ1v) is 11.0. The van der Waals surface area contributed by atoms with Crippen molar-refractivity contribution in [1.29, 1.82) is 0 Å². The summed E-state index contributed by atoms with van der Waals surface area (Å²) in [5.41, 5.74) is 6.27. The number of aryl methyl sites for hydroxylation is 1. The number of aromatic nitrogens is 4. The van der Waals surface area contributed by atoms with Gasteiger partial charge in [-0.25, -0.2) is 9.78 Å². The van der Waals surface area contributed by atoms with Gasteiger partial charge in [-0.15, -0.1) is 10.2 Å². The lowest BCUT2D eigenvalue weighted by Crippen LogP contribution is -2.35. The number of hydrogen-bond acceptors (Lipinski definition) is 5. The summed E-state index contributed by atoms with van der Waals surface area (Å²) in [4.78, 5) is 27.3. The van der Waals surface area contributed by atoms with Gasteiger partial charge in [0.25, 0.3) is 0 Å². The highest BCUT2D eigenvalue weighted by atomic mass is 16.4. The molecule has 0 aliphatic carbocycles. The van der Waals surface area contributed by atoms with Gasteiger partial charge in [-0.3, -0.25) is 9.20 Å². The van der Waals surface area contributed by atoms with Crippen LogP contribution in [0.15, 0.2) is 72.9 Å². The Balaban J connectivity index is 1.51. The number of carboxylic acid groups (broad SMARTS) is 1. The van der Waals surface area contributed by atoms with Gasteiger partial charge in [-0.2, -0.15) is 0 Å². The summed E-state index contributed by atoms with van der Waals surface area (Å²) in [6, 6.07) is 21.9. The van der Waals surface area contributed by atoms with Crippen LogP contribution in [0.3, 0.4) is 0 Å². The normalized spacial score (nSPS) is 11.0. The lowest BCUT2D eigenvalue weighted by molar-refractivity contribution is -0.120. The van der Waals surface area contributed by atoms with Crippen molar-refractivity contribution in [3.63, 3.8) is 0 Å². The van der Waals surface area contributed by atoms with E-state index in [2.05, 4.69) is 33.7 Å². The van der Waals surface area contributed by atoms with Crippen molar-refractivity contribution in [2.45, 2.75) is 13.5 Å².